The van der Waals surface area contributed by atoms with Crippen LogP contribution in [0.25, 0.3) is 6.08 Å². The predicted octanol–water partition coefficient (Wildman–Crippen LogP) is 3.89. The van der Waals surface area contributed by atoms with Crippen LogP contribution in [0.4, 0.5) is 5.69 Å². The van der Waals surface area contributed by atoms with E-state index in [2.05, 4.69) is 21.2 Å². The van der Waals surface area contributed by atoms with Gasteiger partial charge in [-0.3, -0.25) is 14.4 Å². The van der Waals surface area contributed by atoms with Crippen LogP contribution >= 0.6 is 0 Å². The minimum absolute atomic E-state index is 0.143. The van der Waals surface area contributed by atoms with Crippen LogP contribution < -0.4 is 16.1 Å². The Bertz CT molecular complexity index is 1010. The van der Waals surface area contributed by atoms with Crippen LogP contribution in [0.1, 0.15) is 54.9 Å². The highest BCUT2D eigenvalue weighted by Crippen LogP contribution is 2.20. The molecule has 0 aliphatic heterocycles. The van der Waals surface area contributed by atoms with Crippen molar-refractivity contribution in [3.05, 3.63) is 71.3 Å². The average molecular weight is 433 g/mol. The van der Waals surface area contributed by atoms with Crippen LogP contribution in [-0.4, -0.2) is 30.0 Å². The van der Waals surface area contributed by atoms with Crippen molar-refractivity contribution in [1.29, 1.82) is 0 Å². The summed E-state index contributed by atoms with van der Waals surface area (Å²) in [5.41, 5.74) is 4.63. The summed E-state index contributed by atoms with van der Waals surface area (Å²) in [6.07, 6.45) is 8.67. The molecule has 3 rings (SSSR count). The second kappa shape index (κ2) is 11.6. The Morgan fingerprint density at radius 3 is 2.34 bits per heavy atom. The highest BCUT2D eigenvalue weighted by atomic mass is 16.2. The van der Waals surface area contributed by atoms with Gasteiger partial charge in [-0.25, -0.2) is 5.43 Å². The van der Waals surface area contributed by atoms with Gasteiger partial charge in [0.2, 0.25) is 0 Å². The van der Waals surface area contributed by atoms with Gasteiger partial charge in [-0.05, 0) is 43.0 Å². The lowest BCUT2D eigenvalue weighted by Gasteiger charge is -2.23. The highest BCUT2D eigenvalue weighted by molar-refractivity contribution is 6.40. The number of allylic oxidation sites excluding steroid dienone is 1. The molecule has 0 radical (unpaired) electrons. The van der Waals surface area contributed by atoms with E-state index in [0.29, 0.717) is 5.56 Å². The first-order chi connectivity index (χ1) is 15.5. The number of rotatable bonds is 6. The predicted molar refractivity (Wildman–Crippen MR) is 126 cm³/mol. The van der Waals surface area contributed by atoms with Gasteiger partial charge in [0.1, 0.15) is 0 Å². The summed E-state index contributed by atoms with van der Waals surface area (Å²) in [4.78, 5) is 37.1. The normalized spacial score (nSPS) is 14.7. The molecule has 7 nitrogen and oxygen atoms in total. The summed E-state index contributed by atoms with van der Waals surface area (Å²) < 4.78 is 0. The molecule has 0 spiro atoms. The van der Waals surface area contributed by atoms with E-state index in [1.807, 2.05) is 43.3 Å². The van der Waals surface area contributed by atoms with E-state index in [9.17, 15) is 14.4 Å². The first kappa shape index (κ1) is 22.9. The van der Waals surface area contributed by atoms with E-state index in [1.165, 1.54) is 12.6 Å². The summed E-state index contributed by atoms with van der Waals surface area (Å²) >= 11 is 0. The van der Waals surface area contributed by atoms with Gasteiger partial charge in [0.15, 0.2) is 0 Å². The van der Waals surface area contributed by atoms with Gasteiger partial charge >= 0.3 is 11.8 Å². The Hall–Kier alpha value is -3.74. The van der Waals surface area contributed by atoms with Crippen molar-refractivity contribution in [1.82, 2.24) is 10.7 Å². The SMILES string of the molecule is CC(/C=N/NC(=O)C(=O)Nc1ccccc1C(=O)NC1CCCCC1)=C\c1ccccc1. The van der Waals surface area contributed by atoms with Crippen molar-refractivity contribution in [2.45, 2.75) is 45.1 Å². The average Bonchev–Trinajstić information content (AvgIpc) is 2.80. The number of para-hydroxylation sites is 1. The molecular formula is C25H28N4O3. The largest absolute Gasteiger partial charge is 0.349 e. The topological polar surface area (TPSA) is 99.7 Å². The molecule has 7 heteroatoms. The van der Waals surface area contributed by atoms with Crippen molar-refractivity contribution in [3.63, 3.8) is 0 Å². The summed E-state index contributed by atoms with van der Waals surface area (Å²) in [6, 6.07) is 16.5. The fourth-order valence-corrected chi connectivity index (χ4v) is 3.57. The van der Waals surface area contributed by atoms with Gasteiger partial charge in [-0.1, -0.05) is 67.8 Å². The van der Waals surface area contributed by atoms with E-state index in [-0.39, 0.29) is 17.6 Å². The minimum atomic E-state index is -0.920. The molecule has 0 aromatic heterocycles. The Labute approximate surface area is 188 Å². The second-order valence-electron chi connectivity index (χ2n) is 7.81. The van der Waals surface area contributed by atoms with Crippen molar-refractivity contribution in [2.75, 3.05) is 5.32 Å². The molecule has 1 fully saturated rings. The molecule has 1 aliphatic rings. The molecule has 32 heavy (non-hydrogen) atoms. The molecule has 0 unspecified atom stereocenters. The molecule has 0 bridgehead atoms. The van der Waals surface area contributed by atoms with E-state index < -0.39 is 11.8 Å². The van der Waals surface area contributed by atoms with Crippen molar-refractivity contribution in [2.24, 2.45) is 5.10 Å². The van der Waals surface area contributed by atoms with Crippen molar-refractivity contribution in [3.8, 4) is 0 Å². The lowest BCUT2D eigenvalue weighted by molar-refractivity contribution is -0.136. The molecule has 166 valence electrons. The lowest BCUT2D eigenvalue weighted by Crippen LogP contribution is -2.37. The number of hydrogen-bond donors (Lipinski definition) is 3. The molecule has 2 aromatic carbocycles. The van der Waals surface area contributed by atoms with Crippen LogP contribution in [0.5, 0.6) is 0 Å². The standard InChI is InChI=1S/C25H28N4O3/c1-18(16-19-10-4-2-5-11-19)17-26-29-25(32)24(31)28-22-15-9-8-14-21(22)23(30)27-20-12-6-3-7-13-20/h2,4-5,8-11,14-17,20H,3,6-7,12-13H2,1H3,(H,27,30)(H,28,31)(H,29,32)/b18-16+,26-17+. The van der Waals surface area contributed by atoms with Gasteiger partial charge in [0.25, 0.3) is 5.91 Å². The Kier molecular flexibility index (Phi) is 8.31. The quantitative estimate of drug-likeness (QED) is 0.367. The van der Waals surface area contributed by atoms with E-state index >= 15 is 0 Å². The van der Waals surface area contributed by atoms with Gasteiger partial charge < -0.3 is 10.6 Å². The van der Waals surface area contributed by atoms with Gasteiger partial charge in [-0.15, -0.1) is 0 Å². The van der Waals surface area contributed by atoms with Crippen LogP contribution in [0.2, 0.25) is 0 Å². The van der Waals surface area contributed by atoms with E-state index in [1.54, 1.807) is 24.3 Å². The smallest absolute Gasteiger partial charge is 0.329 e. The number of nitrogens with zero attached hydrogens (tertiary/aromatic N) is 1. The first-order valence-corrected chi connectivity index (χ1v) is 10.8. The van der Waals surface area contributed by atoms with Gasteiger partial charge in [0, 0.05) is 6.04 Å². The number of carbonyl (C=O) groups excluding carboxylic acids is 3. The lowest BCUT2D eigenvalue weighted by atomic mass is 9.95. The Balaban J connectivity index is 1.56. The van der Waals surface area contributed by atoms with Crippen LogP contribution in [0.15, 0.2) is 65.3 Å². The number of nitrogens with one attached hydrogen (secondary N) is 3. The maximum absolute atomic E-state index is 12.7. The Morgan fingerprint density at radius 2 is 1.59 bits per heavy atom. The zero-order valence-corrected chi connectivity index (χ0v) is 18.1. The van der Waals surface area contributed by atoms with Gasteiger partial charge in [-0.2, -0.15) is 5.10 Å². The molecule has 0 saturated heterocycles. The molecular weight excluding hydrogens is 404 g/mol. The fraction of sp³-hybridized carbons (Fsp3) is 0.280. The molecule has 1 aliphatic carbocycles. The summed E-state index contributed by atoms with van der Waals surface area (Å²) in [5, 5.41) is 9.36. The van der Waals surface area contributed by atoms with Crippen LogP contribution in [0.3, 0.4) is 0 Å². The maximum Gasteiger partial charge on any atom is 0.329 e. The molecule has 2 aromatic rings. The summed E-state index contributed by atoms with van der Waals surface area (Å²) in [6.45, 7) is 1.84. The van der Waals surface area contributed by atoms with Crippen molar-refractivity contribution < 1.29 is 14.4 Å². The molecule has 1 saturated carbocycles. The number of hydrazone groups is 1. The minimum Gasteiger partial charge on any atom is -0.349 e. The first-order valence-electron chi connectivity index (χ1n) is 10.8. The van der Waals surface area contributed by atoms with E-state index in [0.717, 1.165) is 36.8 Å². The summed E-state index contributed by atoms with van der Waals surface area (Å²) in [5.74, 6) is -2.08. The third-order valence-corrected chi connectivity index (χ3v) is 5.19. The maximum atomic E-state index is 12.7. The monoisotopic (exact) mass is 432 g/mol. The molecule has 0 heterocycles. The number of carbonyl (C=O) groups is 3. The Morgan fingerprint density at radius 1 is 0.906 bits per heavy atom. The molecule has 3 amide bonds. The number of benzene rings is 2. The van der Waals surface area contributed by atoms with Crippen LogP contribution in [-0.2, 0) is 9.59 Å². The second-order valence-corrected chi connectivity index (χ2v) is 7.81. The van der Waals surface area contributed by atoms with Crippen LogP contribution in [0, 0.1) is 0 Å². The van der Waals surface area contributed by atoms with Crippen molar-refractivity contribution >= 4 is 35.7 Å². The number of hydrogen-bond acceptors (Lipinski definition) is 4. The number of amides is 3. The molecule has 0 atom stereocenters. The van der Waals surface area contributed by atoms with Gasteiger partial charge in [0.05, 0.1) is 17.5 Å². The fourth-order valence-electron chi connectivity index (χ4n) is 3.57. The molecule has 3 N–H and O–H groups in total. The summed E-state index contributed by atoms with van der Waals surface area (Å²) in [7, 11) is 0. The zero-order valence-electron chi connectivity index (χ0n) is 18.1. The zero-order chi connectivity index (χ0) is 22.8. The third-order valence-electron chi connectivity index (χ3n) is 5.19. The van der Waals surface area contributed by atoms with E-state index in [4.69, 9.17) is 0 Å². The third kappa shape index (κ3) is 6.91. The highest BCUT2D eigenvalue weighted by Gasteiger charge is 2.20. The number of anilines is 1.